The van der Waals surface area contributed by atoms with Gasteiger partial charge >= 0.3 is 6.18 Å². The van der Waals surface area contributed by atoms with Gasteiger partial charge in [-0.3, -0.25) is 14.4 Å². The lowest BCUT2D eigenvalue weighted by Crippen LogP contribution is -2.67. The summed E-state index contributed by atoms with van der Waals surface area (Å²) < 4.78 is 56.2. The first-order chi connectivity index (χ1) is 20.2. The minimum absolute atomic E-state index is 0.128. The maximum absolute atomic E-state index is 14.7. The molecule has 0 spiro atoms. The predicted octanol–water partition coefficient (Wildman–Crippen LogP) is 4.13. The number of nitrogens with one attached hydrogen (secondary N) is 1. The second-order valence-electron chi connectivity index (χ2n) is 11.3. The molecule has 3 aliphatic heterocycles. The van der Waals surface area contributed by atoms with E-state index >= 15 is 0 Å². The number of rotatable bonds is 5. The fourth-order valence-electron chi connectivity index (χ4n) is 6.98. The van der Waals surface area contributed by atoms with E-state index in [2.05, 4.69) is 36.0 Å². The van der Waals surface area contributed by atoms with Gasteiger partial charge in [-0.15, -0.1) is 0 Å². The molecule has 14 heteroatoms. The number of hydrogen-bond acceptors (Lipinski definition) is 7. The number of hydrogen-bond donors (Lipinski definition) is 1. The number of fused-ring (bicyclic) bond motifs is 3. The van der Waals surface area contributed by atoms with Crippen LogP contribution in [-0.4, -0.2) is 76.6 Å². The first-order valence-corrected chi connectivity index (χ1v) is 13.7. The fraction of sp³-hybridized carbons (Fsp3) is 0.429. The summed E-state index contributed by atoms with van der Waals surface area (Å²) in [5.41, 5.74) is -0.501. The molecule has 216 valence electrons. The van der Waals surface area contributed by atoms with Gasteiger partial charge in [0.25, 0.3) is 5.91 Å². The number of pyridine rings is 1. The quantitative estimate of drug-likeness (QED) is 0.353. The van der Waals surface area contributed by atoms with Crippen molar-refractivity contribution < 1.29 is 22.4 Å². The second kappa shape index (κ2) is 9.59. The Balaban J connectivity index is 1.07. The topological polar surface area (TPSA) is 120 Å². The Kier molecular flexibility index (Phi) is 6.05. The standard InChI is InChI=1S/C28H25F4N9O/c29-22-20(3-7-34-24(22)28(30,31)32)26(42)41-17-1-2-18(41)10-19(9-17)39-13-27(14-39,5-6-33)40-12-16(11-38-40)23-21-4-8-35-25(21)37-15-36-23/h3-4,7-8,11-12,15,17-19H,1-2,5,9-10,13-14H2,(H,35,36,37). The van der Waals surface area contributed by atoms with Gasteiger partial charge in [0.1, 0.15) is 17.5 Å². The minimum atomic E-state index is -4.99. The average Bonchev–Trinajstić information content (AvgIpc) is 3.67. The molecule has 1 amide bonds. The lowest BCUT2D eigenvalue weighted by Gasteiger charge is -2.54. The molecule has 4 aromatic rings. The largest absolute Gasteiger partial charge is 0.436 e. The molecule has 7 rings (SSSR count). The van der Waals surface area contributed by atoms with E-state index in [1.807, 2.05) is 16.9 Å². The highest BCUT2D eigenvalue weighted by Crippen LogP contribution is 2.43. The zero-order chi connectivity index (χ0) is 29.2. The molecule has 2 unspecified atom stereocenters. The maximum atomic E-state index is 14.7. The highest BCUT2D eigenvalue weighted by atomic mass is 19.4. The Morgan fingerprint density at radius 3 is 2.60 bits per heavy atom. The first-order valence-electron chi connectivity index (χ1n) is 13.7. The monoisotopic (exact) mass is 579 g/mol. The summed E-state index contributed by atoms with van der Waals surface area (Å²) in [4.78, 5) is 32.0. The van der Waals surface area contributed by atoms with Crippen molar-refractivity contribution in [1.29, 1.82) is 5.26 Å². The number of carbonyl (C=O) groups excluding carboxylic acids is 1. The van der Waals surface area contributed by atoms with Crippen molar-refractivity contribution in [3.05, 3.63) is 60.3 Å². The molecule has 42 heavy (non-hydrogen) atoms. The van der Waals surface area contributed by atoms with Crippen molar-refractivity contribution in [1.82, 2.24) is 39.5 Å². The number of H-pyrrole nitrogens is 1. The number of aromatic amines is 1. The molecule has 0 aromatic carbocycles. The SMILES string of the molecule is N#CCC1(n2cc(-c3ncnc4[nH]ccc34)cn2)CN(C2CC3CCC(C2)N3C(=O)c2ccnc(C(F)(F)F)c2F)C1. The first kappa shape index (κ1) is 26.5. The maximum Gasteiger partial charge on any atom is 0.436 e. The van der Waals surface area contributed by atoms with Crippen molar-refractivity contribution in [2.75, 3.05) is 13.1 Å². The smallest absolute Gasteiger partial charge is 0.346 e. The predicted molar refractivity (Wildman–Crippen MR) is 140 cm³/mol. The summed E-state index contributed by atoms with van der Waals surface area (Å²) >= 11 is 0. The molecule has 0 saturated carbocycles. The number of carbonyl (C=O) groups is 1. The molecule has 4 aromatic heterocycles. The molecule has 3 aliphatic rings. The summed E-state index contributed by atoms with van der Waals surface area (Å²) in [6.07, 6.45) is 5.71. The molecule has 2 bridgehead atoms. The molecule has 7 heterocycles. The van der Waals surface area contributed by atoms with Crippen LogP contribution in [0.5, 0.6) is 0 Å². The summed E-state index contributed by atoms with van der Waals surface area (Å²) in [5.74, 6) is -2.35. The van der Waals surface area contributed by atoms with Crippen LogP contribution >= 0.6 is 0 Å². The molecular formula is C28H25F4N9O. The summed E-state index contributed by atoms with van der Waals surface area (Å²) in [5, 5.41) is 15.2. The second-order valence-corrected chi connectivity index (χ2v) is 11.3. The Hall–Kier alpha value is -4.38. The van der Waals surface area contributed by atoms with E-state index in [1.165, 1.54) is 6.33 Å². The molecule has 10 nitrogen and oxygen atoms in total. The van der Waals surface area contributed by atoms with Gasteiger partial charge < -0.3 is 9.88 Å². The number of amides is 1. The molecule has 0 aliphatic carbocycles. The van der Waals surface area contributed by atoms with Gasteiger partial charge in [-0.2, -0.15) is 23.5 Å². The van der Waals surface area contributed by atoms with Gasteiger partial charge in [0.05, 0.1) is 29.9 Å². The van der Waals surface area contributed by atoms with Gasteiger partial charge in [-0.1, -0.05) is 0 Å². The van der Waals surface area contributed by atoms with Gasteiger partial charge in [-0.05, 0) is 37.8 Å². The molecule has 0 radical (unpaired) electrons. The van der Waals surface area contributed by atoms with Crippen LogP contribution in [0.15, 0.2) is 43.2 Å². The zero-order valence-corrected chi connectivity index (χ0v) is 22.2. The third kappa shape index (κ3) is 4.13. The van der Waals surface area contributed by atoms with Crippen molar-refractivity contribution >= 4 is 16.9 Å². The summed E-state index contributed by atoms with van der Waals surface area (Å²) in [6, 6.07) is 4.95. The van der Waals surface area contributed by atoms with E-state index < -0.39 is 34.7 Å². The zero-order valence-electron chi connectivity index (χ0n) is 22.2. The third-order valence-corrected chi connectivity index (χ3v) is 8.95. The lowest BCUT2D eigenvalue weighted by atomic mass is 9.82. The van der Waals surface area contributed by atoms with E-state index in [4.69, 9.17) is 0 Å². The highest BCUT2D eigenvalue weighted by Gasteiger charge is 2.52. The van der Waals surface area contributed by atoms with Crippen molar-refractivity contribution in [2.45, 2.75) is 61.9 Å². The number of nitriles is 1. The van der Waals surface area contributed by atoms with Gasteiger partial charge in [0.2, 0.25) is 0 Å². The summed E-state index contributed by atoms with van der Waals surface area (Å²) in [7, 11) is 0. The average molecular weight is 580 g/mol. The van der Waals surface area contributed by atoms with Gasteiger partial charge in [0, 0.05) is 60.8 Å². The Morgan fingerprint density at radius 2 is 1.88 bits per heavy atom. The summed E-state index contributed by atoms with van der Waals surface area (Å²) in [6.45, 7) is 1.19. The number of halogens is 4. The van der Waals surface area contributed by atoms with Crippen LogP contribution in [0.2, 0.25) is 0 Å². The van der Waals surface area contributed by atoms with E-state index in [0.717, 1.165) is 34.6 Å². The van der Waals surface area contributed by atoms with Crippen LogP contribution in [0.3, 0.4) is 0 Å². The molecule has 2 atom stereocenters. The van der Waals surface area contributed by atoms with E-state index in [9.17, 15) is 27.6 Å². The fourth-order valence-corrected chi connectivity index (χ4v) is 6.98. The van der Waals surface area contributed by atoms with Crippen LogP contribution in [0, 0.1) is 17.1 Å². The number of piperidine rings is 1. The molecular weight excluding hydrogens is 554 g/mol. The third-order valence-electron chi connectivity index (χ3n) is 8.95. The van der Waals surface area contributed by atoms with Crippen LogP contribution in [0.4, 0.5) is 17.6 Å². The highest BCUT2D eigenvalue weighted by molar-refractivity contribution is 5.95. The number of likely N-dealkylation sites (tertiary alicyclic amines) is 1. The van der Waals surface area contributed by atoms with Crippen molar-refractivity contribution in [3.8, 4) is 17.3 Å². The van der Waals surface area contributed by atoms with Crippen LogP contribution < -0.4 is 0 Å². The minimum Gasteiger partial charge on any atom is -0.346 e. The normalized spacial score (nSPS) is 23.6. The van der Waals surface area contributed by atoms with Crippen LogP contribution in [-0.2, 0) is 11.7 Å². The van der Waals surface area contributed by atoms with Crippen LogP contribution in [0.25, 0.3) is 22.3 Å². The number of aromatic nitrogens is 6. The number of alkyl halides is 3. The Morgan fingerprint density at radius 1 is 1.12 bits per heavy atom. The van der Waals surface area contributed by atoms with Crippen LogP contribution in [0.1, 0.15) is 48.2 Å². The van der Waals surface area contributed by atoms with E-state index in [1.54, 1.807) is 17.3 Å². The molecule has 3 fully saturated rings. The van der Waals surface area contributed by atoms with E-state index in [0.29, 0.717) is 38.8 Å². The van der Waals surface area contributed by atoms with Gasteiger partial charge in [-0.25, -0.2) is 19.3 Å². The van der Waals surface area contributed by atoms with Crippen molar-refractivity contribution in [3.63, 3.8) is 0 Å². The van der Waals surface area contributed by atoms with Gasteiger partial charge in [0.15, 0.2) is 11.5 Å². The Bertz CT molecular complexity index is 1700. The van der Waals surface area contributed by atoms with E-state index in [-0.39, 0.29) is 24.5 Å². The lowest BCUT2D eigenvalue weighted by molar-refractivity contribution is -0.143. The molecule has 1 N–H and O–H groups in total. The van der Waals surface area contributed by atoms with Crippen molar-refractivity contribution in [2.24, 2.45) is 0 Å². The number of nitrogens with zero attached hydrogens (tertiary/aromatic N) is 8. The molecule has 3 saturated heterocycles. The Labute approximate surface area is 237 Å².